The number of rotatable bonds is 1. The largest absolute Gasteiger partial charge is 0.491 e. The zero-order valence-electron chi connectivity index (χ0n) is 10.2. The number of ketones is 1. The predicted molar refractivity (Wildman–Crippen MR) is 70.9 cm³/mol. The minimum Gasteiger partial charge on any atom is -0.491 e. The Kier molecular flexibility index (Phi) is 2.63. The Labute approximate surface area is 106 Å². The zero-order valence-corrected chi connectivity index (χ0v) is 10.2. The molecule has 0 spiro atoms. The second kappa shape index (κ2) is 4.30. The highest BCUT2D eigenvalue weighted by molar-refractivity contribution is 6.03. The number of hydrogen-bond donors (Lipinski definition) is 0. The first-order valence-electron chi connectivity index (χ1n) is 6.13. The van der Waals surface area contributed by atoms with E-state index in [0.717, 1.165) is 16.9 Å². The van der Waals surface area contributed by atoms with Gasteiger partial charge in [0.2, 0.25) is 0 Å². The second-order valence-electron chi connectivity index (χ2n) is 4.62. The van der Waals surface area contributed by atoms with Crippen molar-refractivity contribution >= 4 is 5.78 Å². The molecule has 0 radical (unpaired) electrons. The third-order valence-corrected chi connectivity index (χ3v) is 3.29. The fraction of sp³-hybridized carbons (Fsp3) is 0.188. The molecule has 90 valence electrons. The first kappa shape index (κ1) is 11.0. The maximum Gasteiger partial charge on any atom is 0.172 e. The number of carbonyl (C=O) groups is 1. The summed E-state index contributed by atoms with van der Waals surface area (Å²) < 4.78 is 5.77. The molecule has 2 aromatic rings. The van der Waals surface area contributed by atoms with Gasteiger partial charge in [-0.2, -0.15) is 0 Å². The summed E-state index contributed by atoms with van der Waals surface area (Å²) in [6.07, 6.45) is 0. The molecule has 0 saturated carbocycles. The Morgan fingerprint density at radius 3 is 2.50 bits per heavy atom. The van der Waals surface area contributed by atoms with Crippen LogP contribution in [0.5, 0.6) is 5.75 Å². The van der Waals surface area contributed by atoms with E-state index in [2.05, 4.69) is 0 Å². The third kappa shape index (κ3) is 1.70. The van der Waals surface area contributed by atoms with Gasteiger partial charge in [-0.15, -0.1) is 0 Å². The Balaban J connectivity index is 2.17. The smallest absolute Gasteiger partial charge is 0.172 e. The van der Waals surface area contributed by atoms with Crippen LogP contribution in [0.25, 0.3) is 11.1 Å². The van der Waals surface area contributed by atoms with Crippen molar-refractivity contribution in [1.29, 1.82) is 0 Å². The van der Waals surface area contributed by atoms with Crippen LogP contribution < -0.4 is 4.74 Å². The summed E-state index contributed by atoms with van der Waals surface area (Å²) >= 11 is 0. The van der Waals surface area contributed by atoms with E-state index in [1.807, 2.05) is 55.5 Å². The molecular weight excluding hydrogens is 224 g/mol. The number of benzene rings is 2. The predicted octanol–water partition coefficient (Wildman–Crippen LogP) is 3.56. The molecule has 1 aliphatic heterocycles. The number of ether oxygens (including phenoxy) is 1. The fourth-order valence-electron chi connectivity index (χ4n) is 2.28. The van der Waals surface area contributed by atoms with Gasteiger partial charge in [-0.1, -0.05) is 49.4 Å². The lowest BCUT2D eigenvalue weighted by Crippen LogP contribution is -2.25. The molecule has 2 nitrogen and oxygen atoms in total. The minimum atomic E-state index is -0.0523. The van der Waals surface area contributed by atoms with Gasteiger partial charge in [0.1, 0.15) is 5.75 Å². The van der Waals surface area contributed by atoms with Crippen LogP contribution in [0, 0.1) is 5.92 Å². The van der Waals surface area contributed by atoms with Gasteiger partial charge in [0.15, 0.2) is 5.78 Å². The lowest BCUT2D eigenvalue weighted by Gasteiger charge is -2.23. The molecule has 1 unspecified atom stereocenters. The van der Waals surface area contributed by atoms with Crippen molar-refractivity contribution in [3.63, 3.8) is 0 Å². The van der Waals surface area contributed by atoms with E-state index >= 15 is 0 Å². The second-order valence-corrected chi connectivity index (χ2v) is 4.62. The van der Waals surface area contributed by atoms with Gasteiger partial charge in [0, 0.05) is 5.56 Å². The van der Waals surface area contributed by atoms with Gasteiger partial charge in [0.25, 0.3) is 0 Å². The molecule has 1 aliphatic rings. The molecule has 0 aliphatic carbocycles. The van der Waals surface area contributed by atoms with Crippen molar-refractivity contribution in [2.45, 2.75) is 6.92 Å². The van der Waals surface area contributed by atoms with E-state index in [1.54, 1.807) is 0 Å². The average Bonchev–Trinajstić information content (AvgIpc) is 2.43. The van der Waals surface area contributed by atoms with Crippen molar-refractivity contribution in [2.75, 3.05) is 6.61 Å². The van der Waals surface area contributed by atoms with Gasteiger partial charge >= 0.3 is 0 Å². The Morgan fingerprint density at radius 1 is 1.00 bits per heavy atom. The number of hydrogen-bond acceptors (Lipinski definition) is 2. The number of para-hydroxylation sites is 1. The highest BCUT2D eigenvalue weighted by Crippen LogP contribution is 2.37. The van der Waals surface area contributed by atoms with Crippen LogP contribution in [0.3, 0.4) is 0 Å². The van der Waals surface area contributed by atoms with E-state index in [9.17, 15) is 4.79 Å². The molecule has 2 heteroatoms. The molecule has 1 heterocycles. The Bertz CT molecular complexity index is 587. The fourth-order valence-corrected chi connectivity index (χ4v) is 2.28. The maximum absolute atomic E-state index is 12.1. The summed E-state index contributed by atoms with van der Waals surface area (Å²) in [6, 6.07) is 15.8. The summed E-state index contributed by atoms with van der Waals surface area (Å²) in [5, 5.41) is 0. The van der Waals surface area contributed by atoms with Crippen LogP contribution in [0.2, 0.25) is 0 Å². The average molecular weight is 238 g/mol. The molecule has 0 amide bonds. The van der Waals surface area contributed by atoms with Crippen LogP contribution >= 0.6 is 0 Å². The van der Waals surface area contributed by atoms with Crippen LogP contribution in [0.15, 0.2) is 48.5 Å². The zero-order chi connectivity index (χ0) is 12.5. The lowest BCUT2D eigenvalue weighted by molar-refractivity contribution is 0.0849. The molecular formula is C16H14O2. The topological polar surface area (TPSA) is 26.3 Å². The quantitative estimate of drug-likeness (QED) is 0.759. The van der Waals surface area contributed by atoms with Gasteiger partial charge < -0.3 is 4.74 Å². The van der Waals surface area contributed by atoms with Gasteiger partial charge in [0.05, 0.1) is 18.1 Å². The molecule has 0 fully saturated rings. The van der Waals surface area contributed by atoms with Gasteiger partial charge in [-0.05, 0) is 11.6 Å². The van der Waals surface area contributed by atoms with Crippen LogP contribution in [0.4, 0.5) is 0 Å². The summed E-state index contributed by atoms with van der Waals surface area (Å²) in [5.74, 6) is 0.851. The number of fused-ring (bicyclic) bond motifs is 1. The van der Waals surface area contributed by atoms with E-state index in [4.69, 9.17) is 4.74 Å². The Morgan fingerprint density at radius 2 is 1.72 bits per heavy atom. The SMILES string of the molecule is CC1COc2c(cccc2-c2ccccc2)C1=O. The normalized spacial score (nSPS) is 18.1. The van der Waals surface area contributed by atoms with Gasteiger partial charge in [-0.3, -0.25) is 4.79 Å². The van der Waals surface area contributed by atoms with E-state index in [-0.39, 0.29) is 11.7 Å². The molecule has 1 atom stereocenters. The first-order chi connectivity index (χ1) is 8.77. The van der Waals surface area contributed by atoms with Gasteiger partial charge in [-0.25, -0.2) is 0 Å². The highest BCUT2D eigenvalue weighted by Gasteiger charge is 2.27. The lowest BCUT2D eigenvalue weighted by atomic mass is 9.92. The summed E-state index contributed by atoms with van der Waals surface area (Å²) in [5.41, 5.74) is 2.78. The molecule has 3 rings (SSSR count). The maximum atomic E-state index is 12.1. The monoisotopic (exact) mass is 238 g/mol. The van der Waals surface area contributed by atoms with Crippen molar-refractivity contribution < 1.29 is 9.53 Å². The van der Waals surface area contributed by atoms with Crippen LogP contribution in [-0.4, -0.2) is 12.4 Å². The number of carbonyl (C=O) groups excluding carboxylic acids is 1. The van der Waals surface area contributed by atoms with Crippen molar-refractivity contribution in [1.82, 2.24) is 0 Å². The van der Waals surface area contributed by atoms with Crippen LogP contribution in [-0.2, 0) is 0 Å². The standard InChI is InChI=1S/C16H14O2/c1-11-10-18-16-13(12-6-3-2-4-7-12)8-5-9-14(16)15(11)17/h2-9,11H,10H2,1H3. The van der Waals surface area contributed by atoms with Crippen LogP contribution in [0.1, 0.15) is 17.3 Å². The van der Waals surface area contributed by atoms with Crippen molar-refractivity contribution in [2.24, 2.45) is 5.92 Å². The third-order valence-electron chi connectivity index (χ3n) is 3.29. The molecule has 18 heavy (non-hydrogen) atoms. The highest BCUT2D eigenvalue weighted by atomic mass is 16.5. The molecule has 2 aromatic carbocycles. The summed E-state index contributed by atoms with van der Waals surface area (Å²) in [7, 11) is 0. The van der Waals surface area contributed by atoms with E-state index in [1.165, 1.54) is 0 Å². The molecule has 0 saturated heterocycles. The van der Waals surface area contributed by atoms with E-state index in [0.29, 0.717) is 12.2 Å². The minimum absolute atomic E-state index is 0.0523. The molecule has 0 aromatic heterocycles. The molecule has 0 N–H and O–H groups in total. The van der Waals surface area contributed by atoms with Crippen molar-refractivity contribution in [3.05, 3.63) is 54.1 Å². The molecule has 0 bridgehead atoms. The Hall–Kier alpha value is -2.09. The van der Waals surface area contributed by atoms with Crippen molar-refractivity contribution in [3.8, 4) is 16.9 Å². The number of Topliss-reactive ketones (excluding diaryl/α,β-unsaturated/α-hetero) is 1. The summed E-state index contributed by atoms with van der Waals surface area (Å²) in [6.45, 7) is 2.37. The summed E-state index contributed by atoms with van der Waals surface area (Å²) in [4.78, 5) is 12.1. The van der Waals surface area contributed by atoms with E-state index < -0.39 is 0 Å². The first-order valence-corrected chi connectivity index (χ1v) is 6.13.